The van der Waals surface area contributed by atoms with E-state index in [4.69, 9.17) is 16.3 Å². The number of halogens is 1. The van der Waals surface area contributed by atoms with Gasteiger partial charge < -0.3 is 10.1 Å². The molecular weight excluding hydrogens is 266 g/mol. The highest BCUT2D eigenvalue weighted by Gasteiger charge is 2.42. The van der Waals surface area contributed by atoms with Crippen molar-refractivity contribution in [2.45, 2.75) is 12.5 Å². The van der Waals surface area contributed by atoms with Gasteiger partial charge in [0.05, 0.1) is 13.2 Å². The number of guanidine groups is 1. The number of amides is 1. The molecule has 1 fully saturated rings. The summed E-state index contributed by atoms with van der Waals surface area (Å²) >= 11 is 5.97. The van der Waals surface area contributed by atoms with Crippen LogP contribution in [0.1, 0.15) is 12.5 Å². The van der Waals surface area contributed by atoms with Gasteiger partial charge in [0.2, 0.25) is 0 Å². The minimum absolute atomic E-state index is 0.147. The minimum atomic E-state index is -0.850. The fourth-order valence-corrected chi connectivity index (χ4v) is 2.08. The lowest BCUT2D eigenvalue weighted by atomic mass is 9.92. The number of hydrogen-bond acceptors (Lipinski definition) is 3. The van der Waals surface area contributed by atoms with E-state index in [1.165, 1.54) is 0 Å². The van der Waals surface area contributed by atoms with Crippen LogP contribution in [-0.4, -0.2) is 32.1 Å². The summed E-state index contributed by atoms with van der Waals surface area (Å²) in [6.45, 7) is 2.80. The van der Waals surface area contributed by atoms with Gasteiger partial charge in [-0.25, -0.2) is 0 Å². The molecule has 0 radical (unpaired) electrons. The predicted octanol–water partition coefficient (Wildman–Crippen LogP) is 1.28. The topological polar surface area (TPSA) is 62.7 Å². The van der Waals surface area contributed by atoms with Gasteiger partial charge >= 0.3 is 0 Å². The molecular formula is C13H16ClN3O2. The van der Waals surface area contributed by atoms with Crippen molar-refractivity contribution >= 4 is 23.5 Å². The van der Waals surface area contributed by atoms with Crippen molar-refractivity contribution in [2.24, 2.45) is 4.99 Å². The first-order chi connectivity index (χ1) is 9.06. The van der Waals surface area contributed by atoms with E-state index in [0.717, 1.165) is 5.56 Å². The number of ether oxygens (including phenoxy) is 1. The Kier molecular flexibility index (Phi) is 4.07. The van der Waals surface area contributed by atoms with Gasteiger partial charge in [0.1, 0.15) is 5.54 Å². The maximum Gasteiger partial charge on any atom is 0.256 e. The zero-order chi connectivity index (χ0) is 13.9. The lowest BCUT2D eigenvalue weighted by molar-refractivity contribution is -0.123. The summed E-state index contributed by atoms with van der Waals surface area (Å²) in [6, 6.07) is 7.22. The zero-order valence-electron chi connectivity index (χ0n) is 10.9. The van der Waals surface area contributed by atoms with Gasteiger partial charge in [-0.05, 0) is 24.6 Å². The predicted molar refractivity (Wildman–Crippen MR) is 74.3 cm³/mol. The van der Waals surface area contributed by atoms with Gasteiger partial charge in [-0.2, -0.15) is 0 Å². The van der Waals surface area contributed by atoms with E-state index in [1.54, 1.807) is 26.2 Å². The number of methoxy groups -OCH3 is 1. The minimum Gasteiger partial charge on any atom is -0.383 e. The Labute approximate surface area is 117 Å². The summed E-state index contributed by atoms with van der Waals surface area (Å²) in [5.41, 5.74) is -0.0500. The van der Waals surface area contributed by atoms with Crippen LogP contribution in [0.2, 0.25) is 5.02 Å². The fraction of sp³-hybridized carbons (Fsp3) is 0.385. The van der Waals surface area contributed by atoms with Crippen molar-refractivity contribution in [3.05, 3.63) is 34.9 Å². The van der Waals surface area contributed by atoms with Crippen LogP contribution in [0.25, 0.3) is 0 Å². The number of carbonyl (C=O) groups is 1. The second-order valence-corrected chi connectivity index (χ2v) is 4.87. The SMILES string of the molecule is COCCN=C1NC(=O)C(C)(c2cccc(Cl)c2)N1. The normalized spacial score (nSPS) is 24.4. The summed E-state index contributed by atoms with van der Waals surface area (Å²) in [6.07, 6.45) is 0. The van der Waals surface area contributed by atoms with E-state index in [2.05, 4.69) is 15.6 Å². The van der Waals surface area contributed by atoms with Crippen LogP contribution in [0, 0.1) is 0 Å². The number of aliphatic imine (C=N–C) groups is 1. The molecule has 2 rings (SSSR count). The van der Waals surface area contributed by atoms with Crippen LogP contribution < -0.4 is 10.6 Å². The van der Waals surface area contributed by atoms with Crippen LogP contribution in [0.5, 0.6) is 0 Å². The van der Waals surface area contributed by atoms with Crippen LogP contribution in [0.3, 0.4) is 0 Å². The van der Waals surface area contributed by atoms with Crippen molar-refractivity contribution < 1.29 is 9.53 Å². The average Bonchev–Trinajstić information content (AvgIpc) is 2.67. The van der Waals surface area contributed by atoms with Crippen LogP contribution in [0.4, 0.5) is 0 Å². The maximum absolute atomic E-state index is 12.1. The van der Waals surface area contributed by atoms with Crippen LogP contribution >= 0.6 is 11.6 Å². The molecule has 1 aromatic carbocycles. The Hall–Kier alpha value is -1.59. The first-order valence-electron chi connectivity index (χ1n) is 5.95. The standard InChI is InChI=1S/C13H16ClN3O2/c1-13(9-4-3-5-10(14)8-9)11(18)16-12(17-13)15-6-7-19-2/h3-5,8H,6-7H2,1-2H3,(H2,15,16,17,18). The molecule has 1 amide bonds. The molecule has 102 valence electrons. The summed E-state index contributed by atoms with van der Waals surface area (Å²) < 4.78 is 4.92. The highest BCUT2D eigenvalue weighted by atomic mass is 35.5. The summed E-state index contributed by atoms with van der Waals surface area (Å²) in [5, 5.41) is 6.41. The van der Waals surface area contributed by atoms with Crippen molar-refractivity contribution in [2.75, 3.05) is 20.3 Å². The third-order valence-electron chi connectivity index (χ3n) is 3.02. The molecule has 0 aromatic heterocycles. The Balaban J connectivity index is 2.20. The molecule has 0 saturated carbocycles. The van der Waals surface area contributed by atoms with Gasteiger partial charge in [-0.15, -0.1) is 0 Å². The first-order valence-corrected chi connectivity index (χ1v) is 6.33. The number of hydrogen-bond donors (Lipinski definition) is 2. The molecule has 1 atom stereocenters. The second kappa shape index (κ2) is 5.59. The van der Waals surface area contributed by atoms with Gasteiger partial charge in [0, 0.05) is 12.1 Å². The quantitative estimate of drug-likeness (QED) is 0.817. The summed E-state index contributed by atoms with van der Waals surface area (Å²) in [5.74, 6) is 0.315. The number of carbonyl (C=O) groups excluding carboxylic acids is 1. The zero-order valence-corrected chi connectivity index (χ0v) is 11.6. The highest BCUT2D eigenvalue weighted by Crippen LogP contribution is 2.26. The molecule has 5 nitrogen and oxygen atoms in total. The number of nitrogens with zero attached hydrogens (tertiary/aromatic N) is 1. The molecule has 1 unspecified atom stereocenters. The lowest BCUT2D eigenvalue weighted by Crippen LogP contribution is -2.40. The van der Waals surface area contributed by atoms with E-state index in [-0.39, 0.29) is 5.91 Å². The van der Waals surface area contributed by atoms with Crippen LogP contribution in [-0.2, 0) is 15.1 Å². The van der Waals surface area contributed by atoms with E-state index < -0.39 is 5.54 Å². The molecule has 1 heterocycles. The van der Waals surface area contributed by atoms with E-state index in [9.17, 15) is 4.79 Å². The van der Waals surface area contributed by atoms with Crippen molar-refractivity contribution in [3.63, 3.8) is 0 Å². The second-order valence-electron chi connectivity index (χ2n) is 4.44. The molecule has 1 saturated heterocycles. The molecule has 0 bridgehead atoms. The monoisotopic (exact) mass is 281 g/mol. The first kappa shape index (κ1) is 13.8. The smallest absolute Gasteiger partial charge is 0.256 e. The third kappa shape index (κ3) is 2.88. The van der Waals surface area contributed by atoms with Crippen molar-refractivity contribution in [1.29, 1.82) is 0 Å². The average molecular weight is 282 g/mol. The summed E-state index contributed by atoms with van der Waals surface area (Å²) in [4.78, 5) is 16.3. The Morgan fingerprint density at radius 3 is 2.95 bits per heavy atom. The molecule has 0 aliphatic carbocycles. The molecule has 1 aliphatic heterocycles. The van der Waals surface area contributed by atoms with Gasteiger partial charge in [0.15, 0.2) is 5.96 Å². The van der Waals surface area contributed by atoms with Crippen LogP contribution in [0.15, 0.2) is 29.3 Å². The highest BCUT2D eigenvalue weighted by molar-refractivity contribution is 6.30. The molecule has 0 spiro atoms. The lowest BCUT2D eigenvalue weighted by Gasteiger charge is -2.21. The number of benzene rings is 1. The Morgan fingerprint density at radius 1 is 1.47 bits per heavy atom. The summed E-state index contributed by atoms with van der Waals surface area (Å²) in [7, 11) is 1.61. The van der Waals surface area contributed by atoms with Gasteiger partial charge in [0.25, 0.3) is 5.91 Å². The van der Waals surface area contributed by atoms with Crippen molar-refractivity contribution in [1.82, 2.24) is 10.6 Å². The third-order valence-corrected chi connectivity index (χ3v) is 3.26. The van der Waals surface area contributed by atoms with E-state index in [1.807, 2.05) is 12.1 Å². The Bertz CT molecular complexity index is 518. The maximum atomic E-state index is 12.1. The molecule has 2 N–H and O–H groups in total. The van der Waals surface area contributed by atoms with Gasteiger partial charge in [-0.1, -0.05) is 23.7 Å². The van der Waals surface area contributed by atoms with E-state index in [0.29, 0.717) is 24.1 Å². The largest absolute Gasteiger partial charge is 0.383 e. The molecule has 19 heavy (non-hydrogen) atoms. The Morgan fingerprint density at radius 2 is 2.26 bits per heavy atom. The molecule has 1 aliphatic rings. The fourth-order valence-electron chi connectivity index (χ4n) is 1.89. The van der Waals surface area contributed by atoms with E-state index >= 15 is 0 Å². The molecule has 6 heteroatoms. The van der Waals surface area contributed by atoms with Gasteiger partial charge in [-0.3, -0.25) is 15.1 Å². The number of nitrogens with one attached hydrogen (secondary N) is 2. The van der Waals surface area contributed by atoms with Crippen molar-refractivity contribution in [3.8, 4) is 0 Å². The number of rotatable bonds is 4. The molecule has 1 aromatic rings.